The van der Waals surface area contributed by atoms with Crippen molar-refractivity contribution in [1.82, 2.24) is 4.98 Å². The van der Waals surface area contributed by atoms with Crippen LogP contribution in [0.5, 0.6) is 0 Å². The van der Waals surface area contributed by atoms with Crippen LogP contribution in [0.1, 0.15) is 11.1 Å². The number of benzene rings is 1. The molecule has 0 unspecified atom stereocenters. The van der Waals surface area contributed by atoms with Crippen molar-refractivity contribution in [2.45, 2.75) is 13.5 Å². The molecule has 1 aromatic carbocycles. The Morgan fingerprint density at radius 2 is 1.89 bits per heavy atom. The van der Waals surface area contributed by atoms with Crippen molar-refractivity contribution in [2.75, 3.05) is 16.8 Å². The third kappa shape index (κ3) is 3.80. The Morgan fingerprint density at radius 1 is 1.16 bits per heavy atom. The molecule has 0 atom stereocenters. The first-order valence-electron chi connectivity index (χ1n) is 6.18. The quantitative estimate of drug-likeness (QED) is 0.704. The highest BCUT2D eigenvalue weighted by Crippen LogP contribution is 2.27. The van der Waals surface area contributed by atoms with E-state index in [1.165, 1.54) is 11.1 Å². The topological polar surface area (TPSA) is 16.1 Å². The molecule has 100 valence electrons. The number of aryl methyl sites for hydroxylation is 1. The zero-order valence-electron chi connectivity index (χ0n) is 10.8. The number of aromatic nitrogens is 1. The molecule has 0 amide bonds. The number of nitrogens with zero attached hydrogens (tertiary/aromatic N) is 2. The molecule has 4 heteroatoms. The summed E-state index contributed by atoms with van der Waals surface area (Å²) in [4.78, 5) is 6.79. The second kappa shape index (κ2) is 7.06. The lowest BCUT2D eigenvalue weighted by Crippen LogP contribution is -2.26. The molecule has 19 heavy (non-hydrogen) atoms. The Morgan fingerprint density at radius 3 is 2.58 bits per heavy atom. The first kappa shape index (κ1) is 14.5. The molecule has 0 aliphatic heterocycles. The average molecular weight is 384 g/mol. The second-order valence-corrected chi connectivity index (χ2v) is 5.95. The molecule has 2 nitrogen and oxygen atoms in total. The van der Waals surface area contributed by atoms with Crippen molar-refractivity contribution in [1.29, 1.82) is 0 Å². The molecule has 2 aromatic rings. The lowest BCUT2D eigenvalue weighted by atomic mass is 10.2. The Hall–Kier alpha value is -0.870. The molecule has 0 fully saturated rings. The molecule has 2 rings (SSSR count). The lowest BCUT2D eigenvalue weighted by molar-refractivity contribution is 0.817. The van der Waals surface area contributed by atoms with E-state index in [1.54, 1.807) is 0 Å². The van der Waals surface area contributed by atoms with Gasteiger partial charge in [-0.2, -0.15) is 0 Å². The number of rotatable bonds is 5. The van der Waals surface area contributed by atoms with Gasteiger partial charge in [-0.25, -0.2) is 4.98 Å². The van der Waals surface area contributed by atoms with Crippen LogP contribution in [-0.2, 0) is 6.54 Å². The van der Waals surface area contributed by atoms with Crippen LogP contribution in [0.2, 0.25) is 0 Å². The third-order valence-electron chi connectivity index (χ3n) is 2.93. The van der Waals surface area contributed by atoms with Gasteiger partial charge in [0.1, 0.15) is 5.82 Å². The van der Waals surface area contributed by atoms with Gasteiger partial charge >= 0.3 is 0 Å². The fourth-order valence-corrected chi connectivity index (χ4v) is 2.83. The van der Waals surface area contributed by atoms with E-state index in [1.807, 2.05) is 18.3 Å². The highest BCUT2D eigenvalue weighted by Gasteiger charge is 2.13. The van der Waals surface area contributed by atoms with Gasteiger partial charge in [-0.15, -0.1) is 0 Å². The van der Waals surface area contributed by atoms with Crippen molar-refractivity contribution in [3.05, 3.63) is 58.2 Å². The highest BCUT2D eigenvalue weighted by molar-refractivity contribution is 9.10. The van der Waals surface area contributed by atoms with Gasteiger partial charge in [-0.05, 0) is 40.0 Å². The molecular weight excluding hydrogens is 368 g/mol. The van der Waals surface area contributed by atoms with Crippen molar-refractivity contribution >= 4 is 37.7 Å². The molecule has 0 aliphatic rings. The van der Waals surface area contributed by atoms with E-state index in [-0.39, 0.29) is 0 Å². The van der Waals surface area contributed by atoms with Gasteiger partial charge in [-0.3, -0.25) is 0 Å². The molecule has 1 aromatic heterocycles. The van der Waals surface area contributed by atoms with E-state index in [9.17, 15) is 0 Å². The first-order chi connectivity index (χ1) is 9.22. The predicted molar refractivity (Wildman–Crippen MR) is 88.0 cm³/mol. The summed E-state index contributed by atoms with van der Waals surface area (Å²) in [6.45, 7) is 3.87. The normalized spacial score (nSPS) is 10.5. The molecule has 0 radical (unpaired) electrons. The van der Waals surface area contributed by atoms with Crippen molar-refractivity contribution in [3.8, 4) is 0 Å². The van der Waals surface area contributed by atoms with Crippen LogP contribution in [-0.4, -0.2) is 16.9 Å². The van der Waals surface area contributed by atoms with E-state index in [0.717, 1.165) is 28.7 Å². The second-order valence-electron chi connectivity index (χ2n) is 4.36. The molecule has 0 spiro atoms. The highest BCUT2D eigenvalue weighted by atomic mass is 79.9. The summed E-state index contributed by atoms with van der Waals surface area (Å²) in [7, 11) is 0. The summed E-state index contributed by atoms with van der Waals surface area (Å²) in [5.41, 5.74) is 2.50. The number of anilines is 1. The molecular formula is C15H16Br2N2. The van der Waals surface area contributed by atoms with Gasteiger partial charge in [0.25, 0.3) is 0 Å². The van der Waals surface area contributed by atoms with Gasteiger partial charge in [0, 0.05) is 24.6 Å². The monoisotopic (exact) mass is 382 g/mol. The summed E-state index contributed by atoms with van der Waals surface area (Å²) < 4.78 is 1.08. The maximum absolute atomic E-state index is 4.51. The number of alkyl halides is 1. The zero-order valence-corrected chi connectivity index (χ0v) is 14.0. The smallest absolute Gasteiger partial charge is 0.143 e. The van der Waals surface area contributed by atoms with Gasteiger partial charge < -0.3 is 4.90 Å². The van der Waals surface area contributed by atoms with Crippen LogP contribution in [0.25, 0.3) is 0 Å². The Kier molecular flexibility index (Phi) is 5.40. The number of halogens is 2. The van der Waals surface area contributed by atoms with E-state index in [4.69, 9.17) is 0 Å². The summed E-state index contributed by atoms with van der Waals surface area (Å²) in [5.74, 6) is 1.00. The van der Waals surface area contributed by atoms with Gasteiger partial charge in [0.05, 0.1) is 4.47 Å². The predicted octanol–water partition coefficient (Wildman–Crippen LogP) is 4.55. The van der Waals surface area contributed by atoms with Crippen LogP contribution < -0.4 is 4.90 Å². The maximum atomic E-state index is 4.51. The zero-order chi connectivity index (χ0) is 13.7. The van der Waals surface area contributed by atoms with Gasteiger partial charge in [0.15, 0.2) is 0 Å². The lowest BCUT2D eigenvalue weighted by Gasteiger charge is -2.24. The maximum Gasteiger partial charge on any atom is 0.143 e. The average Bonchev–Trinajstić information content (AvgIpc) is 2.43. The van der Waals surface area contributed by atoms with Crippen molar-refractivity contribution in [3.63, 3.8) is 0 Å². The van der Waals surface area contributed by atoms with Crippen LogP contribution >= 0.6 is 31.9 Å². The van der Waals surface area contributed by atoms with Crippen LogP contribution in [0.3, 0.4) is 0 Å². The molecule has 0 N–H and O–H groups in total. The molecule has 0 aliphatic carbocycles. The van der Waals surface area contributed by atoms with Crippen molar-refractivity contribution in [2.24, 2.45) is 0 Å². The van der Waals surface area contributed by atoms with E-state index in [2.05, 4.69) is 72.9 Å². The fraction of sp³-hybridized carbons (Fsp3) is 0.267. The van der Waals surface area contributed by atoms with Crippen LogP contribution in [0, 0.1) is 6.92 Å². The Balaban J connectivity index is 2.27. The minimum absolute atomic E-state index is 0.863. The first-order valence-corrected chi connectivity index (χ1v) is 8.09. The minimum atomic E-state index is 0.863. The van der Waals surface area contributed by atoms with E-state index >= 15 is 0 Å². The van der Waals surface area contributed by atoms with Crippen LogP contribution in [0.15, 0.2) is 47.1 Å². The Labute approximate surface area is 131 Å². The van der Waals surface area contributed by atoms with Gasteiger partial charge in [-0.1, -0.05) is 46.3 Å². The molecule has 0 saturated carbocycles. The summed E-state index contributed by atoms with van der Waals surface area (Å²) in [6.07, 6.45) is 1.86. The molecule has 0 bridgehead atoms. The minimum Gasteiger partial charge on any atom is -0.351 e. The number of hydrogen-bond donors (Lipinski definition) is 0. The summed E-state index contributed by atoms with van der Waals surface area (Å²) in [6, 6.07) is 12.5. The standard InChI is InChI=1S/C15H16Br2N2/c1-12-7-9-18-15(14(12)17)19(10-8-16)11-13-5-3-2-4-6-13/h2-7,9H,8,10-11H2,1H3. The number of pyridine rings is 1. The van der Waals surface area contributed by atoms with Gasteiger partial charge in [0.2, 0.25) is 0 Å². The molecule has 0 saturated heterocycles. The number of hydrogen-bond acceptors (Lipinski definition) is 2. The summed E-state index contributed by atoms with van der Waals surface area (Å²) in [5, 5.41) is 0.919. The van der Waals surface area contributed by atoms with E-state index in [0.29, 0.717) is 0 Å². The largest absolute Gasteiger partial charge is 0.351 e. The Bertz CT molecular complexity index is 529. The summed E-state index contributed by atoms with van der Waals surface area (Å²) >= 11 is 7.16. The molecule has 1 heterocycles. The van der Waals surface area contributed by atoms with Crippen LogP contribution in [0.4, 0.5) is 5.82 Å². The third-order valence-corrected chi connectivity index (χ3v) is 4.27. The fourth-order valence-electron chi connectivity index (χ4n) is 1.91. The van der Waals surface area contributed by atoms with E-state index < -0.39 is 0 Å². The van der Waals surface area contributed by atoms with Crippen molar-refractivity contribution < 1.29 is 0 Å². The SMILES string of the molecule is Cc1ccnc(N(CCBr)Cc2ccccc2)c1Br.